The van der Waals surface area contributed by atoms with E-state index in [1.165, 1.54) is 0 Å². The zero-order valence-electron chi connectivity index (χ0n) is 11.0. The molecule has 96 valence electrons. The fraction of sp³-hybridized carbons (Fsp3) is 0.571. The standard InChI is InChI=1S/C14H22FNO/c1-4-6-17-7-5-16-10-13-8-11(2)14(15)12(3)9-13/h8-9,16H,4-7,10H2,1-3H3. The van der Waals surface area contributed by atoms with Crippen molar-refractivity contribution in [2.45, 2.75) is 33.7 Å². The molecule has 3 heteroatoms. The Balaban J connectivity index is 2.32. The van der Waals surface area contributed by atoms with Gasteiger partial charge in [-0.15, -0.1) is 0 Å². The monoisotopic (exact) mass is 239 g/mol. The van der Waals surface area contributed by atoms with Crippen LogP contribution in [0.1, 0.15) is 30.0 Å². The van der Waals surface area contributed by atoms with Crippen molar-refractivity contribution in [3.63, 3.8) is 0 Å². The third-order valence-electron chi connectivity index (χ3n) is 2.60. The van der Waals surface area contributed by atoms with Gasteiger partial charge in [-0.2, -0.15) is 0 Å². The molecule has 0 aliphatic carbocycles. The lowest BCUT2D eigenvalue weighted by atomic mass is 10.1. The summed E-state index contributed by atoms with van der Waals surface area (Å²) in [6, 6.07) is 3.78. The summed E-state index contributed by atoms with van der Waals surface area (Å²) in [5.74, 6) is -0.0972. The second kappa shape index (κ2) is 7.41. The van der Waals surface area contributed by atoms with Crippen LogP contribution in [-0.4, -0.2) is 19.8 Å². The molecular formula is C14H22FNO. The Morgan fingerprint density at radius 2 is 1.82 bits per heavy atom. The molecule has 0 saturated carbocycles. The van der Waals surface area contributed by atoms with Crippen LogP contribution in [0.3, 0.4) is 0 Å². The first-order valence-electron chi connectivity index (χ1n) is 6.19. The van der Waals surface area contributed by atoms with Gasteiger partial charge in [0.15, 0.2) is 0 Å². The van der Waals surface area contributed by atoms with Gasteiger partial charge in [-0.25, -0.2) is 4.39 Å². The molecule has 0 atom stereocenters. The van der Waals surface area contributed by atoms with E-state index in [4.69, 9.17) is 4.74 Å². The second-order valence-corrected chi connectivity index (χ2v) is 4.33. The van der Waals surface area contributed by atoms with Crippen LogP contribution in [0.25, 0.3) is 0 Å². The Morgan fingerprint density at radius 1 is 1.18 bits per heavy atom. The summed E-state index contributed by atoms with van der Waals surface area (Å²) in [4.78, 5) is 0. The zero-order valence-corrected chi connectivity index (χ0v) is 11.0. The molecule has 1 rings (SSSR count). The smallest absolute Gasteiger partial charge is 0.129 e. The van der Waals surface area contributed by atoms with E-state index in [0.29, 0.717) is 11.1 Å². The van der Waals surface area contributed by atoms with Gasteiger partial charge >= 0.3 is 0 Å². The molecule has 0 heterocycles. The Kier molecular flexibility index (Phi) is 6.16. The summed E-state index contributed by atoms with van der Waals surface area (Å²) in [6.45, 7) is 8.83. The highest BCUT2D eigenvalue weighted by atomic mass is 19.1. The average Bonchev–Trinajstić information content (AvgIpc) is 2.30. The van der Waals surface area contributed by atoms with E-state index in [0.717, 1.165) is 38.3 Å². The lowest BCUT2D eigenvalue weighted by Gasteiger charge is -2.08. The summed E-state index contributed by atoms with van der Waals surface area (Å²) in [7, 11) is 0. The Morgan fingerprint density at radius 3 is 2.41 bits per heavy atom. The molecule has 0 spiro atoms. The van der Waals surface area contributed by atoms with Crippen molar-refractivity contribution in [2.75, 3.05) is 19.8 Å². The summed E-state index contributed by atoms with van der Waals surface area (Å²) in [6.07, 6.45) is 1.05. The van der Waals surface area contributed by atoms with E-state index >= 15 is 0 Å². The number of hydrogen-bond acceptors (Lipinski definition) is 2. The number of aryl methyl sites for hydroxylation is 2. The van der Waals surface area contributed by atoms with Gasteiger partial charge < -0.3 is 10.1 Å². The first kappa shape index (κ1) is 14.1. The summed E-state index contributed by atoms with van der Waals surface area (Å²) in [5.41, 5.74) is 2.55. The van der Waals surface area contributed by atoms with Gasteiger partial charge in [0.1, 0.15) is 5.82 Å². The average molecular weight is 239 g/mol. The first-order chi connectivity index (χ1) is 8.15. The van der Waals surface area contributed by atoms with Crippen molar-refractivity contribution >= 4 is 0 Å². The number of halogens is 1. The van der Waals surface area contributed by atoms with Gasteiger partial charge in [0.05, 0.1) is 6.61 Å². The molecule has 0 amide bonds. The minimum atomic E-state index is -0.0972. The normalized spacial score (nSPS) is 10.8. The molecule has 1 aromatic rings. The zero-order chi connectivity index (χ0) is 12.7. The van der Waals surface area contributed by atoms with E-state index in [2.05, 4.69) is 12.2 Å². The van der Waals surface area contributed by atoms with Crippen molar-refractivity contribution in [1.29, 1.82) is 0 Å². The number of nitrogens with one attached hydrogen (secondary N) is 1. The second-order valence-electron chi connectivity index (χ2n) is 4.33. The fourth-order valence-electron chi connectivity index (χ4n) is 1.76. The summed E-state index contributed by atoms with van der Waals surface area (Å²) in [5, 5.41) is 3.29. The molecule has 17 heavy (non-hydrogen) atoms. The third kappa shape index (κ3) is 4.84. The quantitative estimate of drug-likeness (QED) is 0.739. The lowest BCUT2D eigenvalue weighted by molar-refractivity contribution is 0.136. The lowest BCUT2D eigenvalue weighted by Crippen LogP contribution is -2.19. The maximum Gasteiger partial charge on any atom is 0.129 e. The molecule has 1 N–H and O–H groups in total. The van der Waals surface area contributed by atoms with Gasteiger partial charge in [-0.3, -0.25) is 0 Å². The molecule has 0 radical (unpaired) electrons. The van der Waals surface area contributed by atoms with Crippen LogP contribution < -0.4 is 5.32 Å². The number of benzene rings is 1. The molecule has 1 aromatic carbocycles. The number of rotatable bonds is 7. The molecular weight excluding hydrogens is 217 g/mol. The molecule has 2 nitrogen and oxygen atoms in total. The minimum Gasteiger partial charge on any atom is -0.380 e. The number of ether oxygens (including phenoxy) is 1. The first-order valence-corrected chi connectivity index (χ1v) is 6.19. The van der Waals surface area contributed by atoms with Crippen molar-refractivity contribution in [3.8, 4) is 0 Å². The van der Waals surface area contributed by atoms with Crippen LogP contribution in [-0.2, 0) is 11.3 Å². The highest BCUT2D eigenvalue weighted by molar-refractivity contribution is 5.30. The largest absolute Gasteiger partial charge is 0.380 e. The minimum absolute atomic E-state index is 0.0972. The summed E-state index contributed by atoms with van der Waals surface area (Å²) < 4.78 is 18.8. The van der Waals surface area contributed by atoms with E-state index in [-0.39, 0.29) is 5.82 Å². The van der Waals surface area contributed by atoms with Gasteiger partial charge in [0.2, 0.25) is 0 Å². The van der Waals surface area contributed by atoms with Crippen LogP contribution in [0.5, 0.6) is 0 Å². The SMILES string of the molecule is CCCOCCNCc1cc(C)c(F)c(C)c1. The molecule has 0 fully saturated rings. The Bertz CT molecular complexity index is 329. The maximum atomic E-state index is 13.4. The van der Waals surface area contributed by atoms with Crippen molar-refractivity contribution < 1.29 is 9.13 Å². The van der Waals surface area contributed by atoms with E-state index in [1.807, 2.05) is 12.1 Å². The highest BCUT2D eigenvalue weighted by Crippen LogP contribution is 2.14. The Hall–Kier alpha value is -0.930. The van der Waals surface area contributed by atoms with Gasteiger partial charge in [0.25, 0.3) is 0 Å². The van der Waals surface area contributed by atoms with Crippen LogP contribution in [0, 0.1) is 19.7 Å². The van der Waals surface area contributed by atoms with Crippen LogP contribution >= 0.6 is 0 Å². The maximum absolute atomic E-state index is 13.4. The highest BCUT2D eigenvalue weighted by Gasteiger charge is 2.03. The van der Waals surface area contributed by atoms with Gasteiger partial charge in [-0.05, 0) is 37.0 Å². The predicted octanol–water partition coefficient (Wildman–Crippen LogP) is 2.96. The van der Waals surface area contributed by atoms with Gasteiger partial charge in [0, 0.05) is 19.7 Å². The molecule has 0 bridgehead atoms. The molecule has 0 unspecified atom stereocenters. The number of hydrogen-bond donors (Lipinski definition) is 1. The predicted molar refractivity (Wildman–Crippen MR) is 68.7 cm³/mol. The molecule has 0 aliphatic rings. The van der Waals surface area contributed by atoms with Crippen LogP contribution in [0.2, 0.25) is 0 Å². The summed E-state index contributed by atoms with van der Waals surface area (Å²) >= 11 is 0. The van der Waals surface area contributed by atoms with Crippen LogP contribution in [0.4, 0.5) is 4.39 Å². The fourth-order valence-corrected chi connectivity index (χ4v) is 1.76. The topological polar surface area (TPSA) is 21.3 Å². The molecule has 0 aromatic heterocycles. The molecule has 0 aliphatic heterocycles. The van der Waals surface area contributed by atoms with Crippen LogP contribution in [0.15, 0.2) is 12.1 Å². The van der Waals surface area contributed by atoms with Crippen molar-refractivity contribution in [3.05, 3.63) is 34.6 Å². The van der Waals surface area contributed by atoms with Crippen molar-refractivity contribution in [2.24, 2.45) is 0 Å². The third-order valence-corrected chi connectivity index (χ3v) is 2.60. The van der Waals surface area contributed by atoms with E-state index in [9.17, 15) is 4.39 Å². The molecule has 0 saturated heterocycles. The van der Waals surface area contributed by atoms with E-state index in [1.54, 1.807) is 13.8 Å². The van der Waals surface area contributed by atoms with E-state index < -0.39 is 0 Å². The van der Waals surface area contributed by atoms with Crippen molar-refractivity contribution in [1.82, 2.24) is 5.32 Å². The van der Waals surface area contributed by atoms with Gasteiger partial charge in [-0.1, -0.05) is 19.1 Å². The Labute approximate surface area is 103 Å².